The van der Waals surface area contributed by atoms with Crippen molar-refractivity contribution in [2.45, 2.75) is 6.92 Å². The molecule has 0 bridgehead atoms. The van der Waals surface area contributed by atoms with Crippen LogP contribution in [0.2, 0.25) is 0 Å². The number of hydrogen-bond donors (Lipinski definition) is 0. The van der Waals surface area contributed by atoms with E-state index >= 15 is 0 Å². The first-order valence-corrected chi connectivity index (χ1v) is 6.51. The van der Waals surface area contributed by atoms with Gasteiger partial charge in [-0.25, -0.2) is 0 Å². The summed E-state index contributed by atoms with van der Waals surface area (Å²) in [4.78, 5) is 12.3. The van der Waals surface area contributed by atoms with Crippen molar-refractivity contribution in [2.24, 2.45) is 0 Å². The molecule has 7 heteroatoms. The first kappa shape index (κ1) is 12.6. The van der Waals surface area contributed by atoms with E-state index in [0.717, 1.165) is 18.9 Å². The van der Waals surface area contributed by atoms with E-state index in [9.17, 15) is 15.5 Å². The van der Waals surface area contributed by atoms with Gasteiger partial charge in [-0.05, 0) is 0 Å². The van der Waals surface area contributed by atoms with Gasteiger partial charge in [-0.15, -0.1) is 0 Å². The van der Waals surface area contributed by atoms with Crippen LogP contribution in [0.25, 0.3) is 0 Å². The van der Waals surface area contributed by atoms with Crippen molar-refractivity contribution in [1.29, 1.82) is 0 Å². The molecule has 80 valence electrons. The van der Waals surface area contributed by atoms with Crippen LogP contribution in [0.4, 0.5) is 10.7 Å². The van der Waals surface area contributed by atoms with Crippen LogP contribution in [-0.4, -0.2) is 55.3 Å². The molecule has 0 saturated heterocycles. The van der Waals surface area contributed by atoms with Gasteiger partial charge >= 0.3 is 77.7 Å². The van der Waals surface area contributed by atoms with Gasteiger partial charge in [0.1, 0.15) is 0 Å². The Balaban J connectivity index is 5.20. The van der Waals surface area contributed by atoms with E-state index in [2.05, 4.69) is 0 Å². The normalized spacial score (nSPS) is 12.9. The van der Waals surface area contributed by atoms with Gasteiger partial charge in [0.15, 0.2) is 0 Å². The summed E-state index contributed by atoms with van der Waals surface area (Å²) < 4.78 is 36.6. The molecule has 0 radical (unpaired) electrons. The number of nitrogens with zero attached hydrogens (tertiary/aromatic N) is 2. The number of carbonyl (C=O) groups excluding carboxylic acids is 1. The molecule has 0 saturated carbocycles. The van der Waals surface area contributed by atoms with Gasteiger partial charge in [0.05, 0.1) is 0 Å². The summed E-state index contributed by atoms with van der Waals surface area (Å²) in [6.45, 7) is 1.11. The number of halogens is 3. The molecule has 0 aromatic carbocycles. The van der Waals surface area contributed by atoms with E-state index in [1.54, 1.807) is 0 Å². The minimum atomic E-state index is -6.26. The van der Waals surface area contributed by atoms with Crippen LogP contribution in [0.5, 0.6) is 0 Å². The molecule has 0 unspecified atom stereocenters. The van der Waals surface area contributed by atoms with Crippen molar-refractivity contribution in [1.82, 2.24) is 9.80 Å². The van der Waals surface area contributed by atoms with E-state index in [-0.39, 0.29) is 0 Å². The van der Waals surface area contributed by atoms with E-state index in [0.29, 0.717) is 4.90 Å². The Morgan fingerprint density at radius 3 is 1.62 bits per heavy atom. The molecule has 0 rings (SSSR count). The molecule has 1 amide bonds. The Bertz CT molecular complexity index is 252. The maximum absolute atomic E-state index is 12.5. The molecule has 0 atom stereocenters. The monoisotopic (exact) mass is 266 g/mol. The second-order valence-electron chi connectivity index (χ2n) is 2.72. The van der Waals surface area contributed by atoms with Gasteiger partial charge in [-0.2, -0.15) is 0 Å². The second-order valence-corrected chi connectivity index (χ2v) is 5.43. The number of amides is 1. The van der Waals surface area contributed by atoms with Crippen molar-refractivity contribution in [3.8, 4) is 0 Å². The van der Waals surface area contributed by atoms with Crippen molar-refractivity contribution >= 4 is 24.3 Å². The molecule has 0 heterocycles. The van der Waals surface area contributed by atoms with E-state index in [4.69, 9.17) is 0 Å². The topological polar surface area (TPSA) is 23.6 Å². The van der Waals surface area contributed by atoms with Crippen LogP contribution in [0, 0.1) is 0 Å². The number of hydrogen-bond acceptors (Lipinski definition) is 2. The summed E-state index contributed by atoms with van der Waals surface area (Å²) in [7, 11) is 3.69. The Morgan fingerprint density at radius 2 is 1.54 bits per heavy atom. The molecule has 13 heavy (non-hydrogen) atoms. The molecule has 0 N–H and O–H groups in total. The fourth-order valence-electron chi connectivity index (χ4n) is 0.838. The van der Waals surface area contributed by atoms with Crippen molar-refractivity contribution in [3.05, 3.63) is 0 Å². The van der Waals surface area contributed by atoms with Gasteiger partial charge in [0, 0.05) is 0 Å². The van der Waals surface area contributed by atoms with Crippen LogP contribution in [0.3, 0.4) is 0 Å². The van der Waals surface area contributed by atoms with E-state index in [1.807, 2.05) is 0 Å². The molecule has 0 aliphatic carbocycles. The predicted octanol–water partition coefficient (Wildman–Crippen LogP) is 0.275. The quantitative estimate of drug-likeness (QED) is 0.669. The summed E-state index contributed by atoms with van der Waals surface area (Å²) in [6.07, 6.45) is 0. The molecule has 0 aromatic rings. The number of rotatable bonds is 2. The zero-order valence-electron chi connectivity index (χ0n) is 7.88. The average molecular weight is 265 g/mol. The van der Waals surface area contributed by atoms with E-state index in [1.165, 1.54) is 14.1 Å². The van der Waals surface area contributed by atoms with Gasteiger partial charge < -0.3 is 0 Å². The number of carbonyl (C=O) groups is 1. The van der Waals surface area contributed by atoms with Crippen molar-refractivity contribution in [2.75, 3.05) is 21.1 Å². The summed E-state index contributed by atoms with van der Waals surface area (Å²) in [5.41, 5.74) is 0. The third-order valence-corrected chi connectivity index (χ3v) is 3.82. The van der Waals surface area contributed by atoms with Crippen LogP contribution < -0.4 is 0 Å². The second kappa shape index (κ2) is 4.21. The third-order valence-electron chi connectivity index (χ3n) is 1.40. The third kappa shape index (κ3) is 3.46. The Kier molecular flexibility index (Phi) is 4.09. The molecule has 0 aliphatic rings. The SMILES string of the molecule is CC(=O)N(C)C(N(C)C)=[SeH](F)(F)F. The summed E-state index contributed by atoms with van der Waals surface area (Å²) in [6, 6.07) is 0. The minimum absolute atomic E-state index is 0.609. The Morgan fingerprint density at radius 1 is 1.15 bits per heavy atom. The zero-order chi connectivity index (χ0) is 10.8. The predicted molar refractivity (Wildman–Crippen MR) is 47.6 cm³/mol. The van der Waals surface area contributed by atoms with Gasteiger partial charge in [-0.3, -0.25) is 0 Å². The van der Waals surface area contributed by atoms with Crippen LogP contribution in [0.15, 0.2) is 0 Å². The van der Waals surface area contributed by atoms with Gasteiger partial charge in [0.25, 0.3) is 0 Å². The standard InChI is InChI=1S/C6H13F3N2OSe/c1-5(12)11(4)6(10(2)3)13(7,8)9/h13H,1-4H3. The van der Waals surface area contributed by atoms with Crippen molar-refractivity contribution < 1.29 is 15.5 Å². The average Bonchev–Trinajstić information content (AvgIpc) is 1.82. The van der Waals surface area contributed by atoms with Crippen molar-refractivity contribution in [3.63, 3.8) is 0 Å². The summed E-state index contributed by atoms with van der Waals surface area (Å²) in [5, 5.41) is 0. The Hall–Kier alpha value is -0.391. The van der Waals surface area contributed by atoms with Gasteiger partial charge in [-0.1, -0.05) is 0 Å². The fraction of sp³-hybridized carbons (Fsp3) is 0.667. The Labute approximate surface area is 78.3 Å². The summed E-state index contributed by atoms with van der Waals surface area (Å²) in [5.74, 6) is -0.609. The summed E-state index contributed by atoms with van der Waals surface area (Å²) >= 11 is -6.26. The van der Waals surface area contributed by atoms with E-state index < -0.39 is 24.3 Å². The molecular weight excluding hydrogens is 252 g/mol. The molecule has 0 spiro atoms. The van der Waals surface area contributed by atoms with Crippen LogP contribution in [0.1, 0.15) is 6.92 Å². The molecule has 3 nitrogen and oxygen atoms in total. The van der Waals surface area contributed by atoms with Gasteiger partial charge in [0.2, 0.25) is 0 Å². The van der Waals surface area contributed by atoms with Crippen LogP contribution >= 0.6 is 0 Å². The zero-order valence-corrected chi connectivity index (χ0v) is 9.76. The first-order chi connectivity index (χ1) is 5.68. The first-order valence-electron chi connectivity index (χ1n) is 3.45. The molecule has 0 fully saturated rings. The fourth-order valence-corrected chi connectivity index (χ4v) is 2.80. The molecule has 0 aromatic heterocycles. The van der Waals surface area contributed by atoms with Crippen LogP contribution in [-0.2, 0) is 4.79 Å². The molecular formula is C6H13F3N2OSe. The maximum atomic E-state index is 12.5. The molecule has 0 aliphatic heterocycles.